The molecule has 0 atom stereocenters. The average Bonchev–Trinajstić information content (AvgIpc) is 2.81. The second-order valence-electron chi connectivity index (χ2n) is 6.18. The van der Waals surface area contributed by atoms with E-state index in [9.17, 15) is 0 Å². The van der Waals surface area contributed by atoms with E-state index in [1.165, 1.54) is 12.4 Å². The summed E-state index contributed by atoms with van der Waals surface area (Å²) >= 11 is 10.2. The molecule has 8 nitrogen and oxygen atoms in total. The molecular formula is C22H26CuN6O2S2. The van der Waals surface area contributed by atoms with Crippen LogP contribution in [-0.4, -0.2) is 36.0 Å². The molecule has 0 unspecified atom stereocenters. The summed E-state index contributed by atoms with van der Waals surface area (Å²) in [6, 6.07) is 15.4. The van der Waals surface area contributed by atoms with E-state index in [0.29, 0.717) is 26.3 Å². The zero-order chi connectivity index (χ0) is 23.0. The summed E-state index contributed by atoms with van der Waals surface area (Å²) < 4.78 is 10.8. The predicted octanol–water partition coefficient (Wildman–Crippen LogP) is 3.14. The number of benzene rings is 2. The van der Waals surface area contributed by atoms with Gasteiger partial charge < -0.3 is 34.7 Å². The van der Waals surface area contributed by atoms with Crippen molar-refractivity contribution in [1.29, 1.82) is 0 Å². The van der Waals surface area contributed by atoms with Crippen molar-refractivity contribution in [2.75, 3.05) is 13.2 Å². The molecule has 179 valence electrons. The van der Waals surface area contributed by atoms with Crippen LogP contribution in [0.2, 0.25) is 0 Å². The van der Waals surface area contributed by atoms with E-state index in [1.54, 1.807) is 0 Å². The van der Waals surface area contributed by atoms with E-state index in [1.807, 2.05) is 62.4 Å². The standard InChI is InChI=1S/C22H28N6O2S2.Cu/c1-3-29-19-9-5-17(6-10-19)15-23-21(31)27-25-13-14-26-28-22(32)24-16-18-7-11-20(12-8-18)30-4-2;/h5-14H,3-4,15-16H2,1-2H3,(H2,23,27,31)(H2,24,28,32);/q;+2/p-2/b25-13+,26-14?;. The minimum Gasteiger partial charge on any atom is -0.741 e. The van der Waals surface area contributed by atoms with Crippen molar-refractivity contribution in [2.24, 2.45) is 20.2 Å². The zero-order valence-corrected chi connectivity index (χ0v) is 20.9. The molecule has 1 radical (unpaired) electrons. The molecule has 0 fully saturated rings. The molecule has 2 rings (SSSR count). The van der Waals surface area contributed by atoms with Gasteiger partial charge in [0.25, 0.3) is 0 Å². The first-order valence-corrected chi connectivity index (χ1v) is 10.9. The van der Waals surface area contributed by atoms with Crippen molar-refractivity contribution in [2.45, 2.75) is 26.9 Å². The number of hydrogen-bond acceptors (Lipinski definition) is 8. The second kappa shape index (κ2) is 16.8. The van der Waals surface area contributed by atoms with Gasteiger partial charge in [-0.05, 0) is 59.6 Å². The summed E-state index contributed by atoms with van der Waals surface area (Å²) in [5.41, 5.74) is 7.36. The van der Waals surface area contributed by atoms with Gasteiger partial charge in [-0.1, -0.05) is 24.3 Å². The number of nitrogens with zero attached hydrogens (tertiary/aromatic N) is 4. The number of amidine groups is 2. The van der Waals surface area contributed by atoms with Crippen LogP contribution in [-0.2, 0) is 55.4 Å². The third kappa shape index (κ3) is 12.2. The van der Waals surface area contributed by atoms with E-state index >= 15 is 0 Å². The van der Waals surface area contributed by atoms with Crippen LogP contribution in [0.1, 0.15) is 25.0 Å². The van der Waals surface area contributed by atoms with Gasteiger partial charge in [0.15, 0.2) is 0 Å². The van der Waals surface area contributed by atoms with Gasteiger partial charge in [-0.2, -0.15) is 10.2 Å². The molecule has 0 heterocycles. The second-order valence-corrected chi connectivity index (χ2v) is 6.95. The summed E-state index contributed by atoms with van der Waals surface area (Å²) in [5.74, 6) is 1.66. The molecule has 0 aliphatic heterocycles. The van der Waals surface area contributed by atoms with Crippen LogP contribution in [0.15, 0.2) is 68.7 Å². The summed E-state index contributed by atoms with van der Waals surface area (Å²) in [5, 5.41) is 8.41. The van der Waals surface area contributed by atoms with E-state index in [2.05, 4.69) is 31.0 Å². The van der Waals surface area contributed by atoms with Crippen molar-refractivity contribution >= 4 is 48.0 Å². The molecule has 0 amide bonds. The Morgan fingerprint density at radius 2 is 1.09 bits per heavy atom. The molecule has 0 spiro atoms. The fraction of sp³-hybridized carbons (Fsp3) is 0.273. The Bertz CT molecular complexity index is 857. The number of ether oxygens (including phenoxy) is 2. The van der Waals surface area contributed by atoms with Gasteiger partial charge in [0, 0.05) is 0 Å². The van der Waals surface area contributed by atoms with Gasteiger partial charge >= 0.3 is 17.1 Å². The summed E-state index contributed by atoms with van der Waals surface area (Å²) in [6.45, 7) is 6.07. The van der Waals surface area contributed by atoms with Crippen LogP contribution in [0, 0.1) is 0 Å². The Balaban J connectivity index is 0.00000544. The predicted molar refractivity (Wildman–Crippen MR) is 135 cm³/mol. The Morgan fingerprint density at radius 1 is 0.727 bits per heavy atom. The maximum Gasteiger partial charge on any atom is 2.00 e. The largest absolute Gasteiger partial charge is 2.00 e. The maximum atomic E-state index is 5.41. The quantitative estimate of drug-likeness (QED) is 0.152. The smallest absolute Gasteiger partial charge is 0.741 e. The van der Waals surface area contributed by atoms with Crippen molar-refractivity contribution in [3.8, 4) is 11.5 Å². The van der Waals surface area contributed by atoms with Gasteiger partial charge in [-0.25, -0.2) is 0 Å². The Kier molecular flexibility index (Phi) is 14.5. The molecule has 2 aromatic carbocycles. The normalized spacial score (nSPS) is 11.9. The molecule has 0 bridgehead atoms. The van der Waals surface area contributed by atoms with Crippen LogP contribution >= 0.6 is 0 Å². The van der Waals surface area contributed by atoms with E-state index in [0.717, 1.165) is 22.6 Å². The molecule has 11 heteroatoms. The minimum absolute atomic E-state index is 0. The number of aliphatic imine (C=N–C) groups is 2. The first-order valence-electron chi connectivity index (χ1n) is 10.0. The first-order chi connectivity index (χ1) is 15.6. The Morgan fingerprint density at radius 3 is 1.42 bits per heavy atom. The molecule has 0 aliphatic rings. The molecule has 0 aliphatic carbocycles. The molecule has 0 saturated heterocycles. The van der Waals surface area contributed by atoms with Crippen molar-refractivity contribution < 1.29 is 26.5 Å². The fourth-order valence-electron chi connectivity index (χ4n) is 2.36. The molecular weight excluding hydrogens is 508 g/mol. The van der Waals surface area contributed by atoms with Crippen LogP contribution in [0.5, 0.6) is 11.5 Å². The van der Waals surface area contributed by atoms with E-state index in [4.69, 9.17) is 34.7 Å². The molecule has 33 heavy (non-hydrogen) atoms. The van der Waals surface area contributed by atoms with Crippen LogP contribution in [0.3, 0.4) is 0 Å². The zero-order valence-electron chi connectivity index (χ0n) is 18.3. The third-order valence-electron chi connectivity index (χ3n) is 3.82. The SMILES string of the molecule is CCOc1ccc(CN=C([S-])NN=C/C=N/NC([S-])=NCc2ccc(OCC)cc2)cc1.[Cu+2]. The van der Waals surface area contributed by atoms with Crippen molar-refractivity contribution in [1.82, 2.24) is 10.9 Å². The van der Waals surface area contributed by atoms with Gasteiger partial charge in [0.2, 0.25) is 0 Å². The molecule has 2 N–H and O–H groups in total. The fourth-order valence-corrected chi connectivity index (χ4v) is 2.60. The van der Waals surface area contributed by atoms with Crippen molar-refractivity contribution in [3.63, 3.8) is 0 Å². The molecule has 2 aromatic rings. The summed E-state index contributed by atoms with van der Waals surface area (Å²) in [7, 11) is 0. The topological polar surface area (TPSA) is 92.0 Å². The number of hydrazone groups is 2. The first kappa shape index (κ1) is 28.3. The number of hydrogen-bond donors (Lipinski definition) is 2. The van der Waals surface area contributed by atoms with Gasteiger partial charge in [0.1, 0.15) is 11.5 Å². The summed E-state index contributed by atoms with van der Waals surface area (Å²) in [4.78, 5) is 8.49. The molecule has 0 aromatic heterocycles. The monoisotopic (exact) mass is 533 g/mol. The average molecular weight is 534 g/mol. The maximum absolute atomic E-state index is 5.41. The van der Waals surface area contributed by atoms with E-state index in [-0.39, 0.29) is 27.4 Å². The third-order valence-corrected chi connectivity index (χ3v) is 4.26. The number of nitrogens with one attached hydrogen (secondary N) is 2. The van der Waals surface area contributed by atoms with Gasteiger partial charge in [-0.15, -0.1) is 0 Å². The van der Waals surface area contributed by atoms with Gasteiger partial charge in [0.05, 0.1) is 38.7 Å². The van der Waals surface area contributed by atoms with Crippen LogP contribution < -0.4 is 20.3 Å². The van der Waals surface area contributed by atoms with Crippen LogP contribution in [0.25, 0.3) is 0 Å². The minimum atomic E-state index is 0. The molecule has 0 saturated carbocycles. The van der Waals surface area contributed by atoms with Crippen LogP contribution in [0.4, 0.5) is 0 Å². The van der Waals surface area contributed by atoms with Gasteiger partial charge in [-0.3, -0.25) is 20.8 Å². The van der Waals surface area contributed by atoms with Crippen molar-refractivity contribution in [3.05, 3.63) is 59.7 Å². The Labute approximate surface area is 216 Å². The van der Waals surface area contributed by atoms with E-state index < -0.39 is 0 Å². The Hall–Kier alpha value is -2.72. The number of rotatable bonds is 11. The summed E-state index contributed by atoms with van der Waals surface area (Å²) in [6.07, 6.45) is 2.86.